The molecule has 0 saturated heterocycles. The minimum atomic E-state index is -0.301. The number of aromatic nitrogens is 1. The summed E-state index contributed by atoms with van der Waals surface area (Å²) in [6, 6.07) is 13.2. The van der Waals surface area contributed by atoms with Crippen LogP contribution in [0, 0.1) is 0 Å². The van der Waals surface area contributed by atoms with E-state index in [1.807, 2.05) is 53.2 Å². The Morgan fingerprint density at radius 1 is 1.25 bits per heavy atom. The largest absolute Gasteiger partial charge is 0.450 e. The highest BCUT2D eigenvalue weighted by Gasteiger charge is 2.43. The predicted octanol–water partition coefficient (Wildman–Crippen LogP) is 2.98. The van der Waals surface area contributed by atoms with Crippen molar-refractivity contribution < 1.29 is 9.53 Å². The summed E-state index contributed by atoms with van der Waals surface area (Å²) in [5, 5.41) is 3.24. The summed E-state index contributed by atoms with van der Waals surface area (Å²) in [4.78, 5) is 12.9. The molecule has 1 atom stereocenters. The van der Waals surface area contributed by atoms with Crippen LogP contribution in [-0.4, -0.2) is 15.5 Å². The summed E-state index contributed by atoms with van der Waals surface area (Å²) in [6.45, 7) is 1.75. The summed E-state index contributed by atoms with van der Waals surface area (Å²) < 4.78 is 7.49. The molecule has 0 spiro atoms. The van der Waals surface area contributed by atoms with E-state index in [9.17, 15) is 4.79 Å². The van der Waals surface area contributed by atoms with Crippen molar-refractivity contribution in [2.75, 3.05) is 5.32 Å². The lowest BCUT2D eigenvalue weighted by Gasteiger charge is -2.26. The summed E-state index contributed by atoms with van der Waals surface area (Å²) >= 11 is 5.34. The van der Waals surface area contributed by atoms with E-state index in [0.29, 0.717) is 27.8 Å². The number of nitrogens with one attached hydrogen (secondary N) is 1. The molecule has 1 unspecified atom stereocenters. The minimum absolute atomic E-state index is 0.217. The molecule has 1 aromatic carbocycles. The van der Waals surface area contributed by atoms with Gasteiger partial charge in [0.1, 0.15) is 11.6 Å². The highest BCUT2D eigenvalue weighted by Crippen LogP contribution is 2.45. The number of benzene rings is 1. The topological polar surface area (TPSA) is 69.3 Å². The number of rotatable bonds is 2. The van der Waals surface area contributed by atoms with Gasteiger partial charge in [-0.1, -0.05) is 18.2 Å². The number of fused-ring (bicyclic) bond motifs is 3. The highest BCUT2D eigenvalue weighted by molar-refractivity contribution is 7.80. The standard InChI is InChI=1S/C18H15N3O2S/c1-10-13(17(22)20-11-6-3-2-4-7-11)14-12-8-5-9-21(12)16(19)15(14)18(24)23-10/h2-9,14H,19H2,1H3,(H,20,22). The van der Waals surface area contributed by atoms with Gasteiger partial charge >= 0.3 is 0 Å². The van der Waals surface area contributed by atoms with Gasteiger partial charge in [0.25, 0.3) is 5.91 Å². The average molecular weight is 337 g/mol. The maximum atomic E-state index is 12.9. The van der Waals surface area contributed by atoms with Gasteiger partial charge in [-0.05, 0) is 43.4 Å². The van der Waals surface area contributed by atoms with Crippen LogP contribution >= 0.6 is 12.2 Å². The highest BCUT2D eigenvalue weighted by atomic mass is 32.1. The van der Waals surface area contributed by atoms with Crippen molar-refractivity contribution in [1.82, 2.24) is 4.57 Å². The molecule has 3 heterocycles. The summed E-state index contributed by atoms with van der Waals surface area (Å²) in [5.41, 5.74) is 9.08. The number of thiocarbonyl (C=S) groups is 1. The number of allylic oxidation sites excluding steroid dienone is 1. The lowest BCUT2D eigenvalue weighted by Crippen LogP contribution is -2.28. The van der Waals surface area contributed by atoms with Gasteiger partial charge < -0.3 is 20.4 Å². The third-order valence-corrected chi connectivity index (χ3v) is 4.61. The zero-order valence-electron chi connectivity index (χ0n) is 12.9. The summed E-state index contributed by atoms with van der Waals surface area (Å²) in [7, 11) is 0. The maximum absolute atomic E-state index is 12.9. The molecule has 1 aromatic heterocycles. The molecule has 3 N–H and O–H groups in total. The molecular formula is C18H15N3O2S. The Morgan fingerprint density at radius 2 is 2.00 bits per heavy atom. The smallest absolute Gasteiger partial charge is 0.256 e. The molecule has 2 aliphatic rings. The fourth-order valence-corrected chi connectivity index (χ4v) is 3.60. The molecule has 1 amide bonds. The zero-order chi connectivity index (χ0) is 16.8. The third kappa shape index (κ3) is 2.07. The van der Waals surface area contributed by atoms with Gasteiger partial charge in [0.2, 0.25) is 0 Å². The van der Waals surface area contributed by atoms with Gasteiger partial charge in [-0.2, -0.15) is 0 Å². The molecule has 2 aromatic rings. The van der Waals surface area contributed by atoms with Crippen molar-refractivity contribution in [2.45, 2.75) is 12.8 Å². The van der Waals surface area contributed by atoms with Gasteiger partial charge in [-0.25, -0.2) is 0 Å². The van der Waals surface area contributed by atoms with Crippen LogP contribution in [0.5, 0.6) is 0 Å². The third-order valence-electron chi connectivity index (χ3n) is 4.31. The number of nitrogens with zero attached hydrogens (tertiary/aromatic N) is 1. The van der Waals surface area contributed by atoms with Crippen LogP contribution in [0.15, 0.2) is 65.6 Å². The van der Waals surface area contributed by atoms with E-state index in [1.54, 1.807) is 6.92 Å². The average Bonchev–Trinajstić information content (AvgIpc) is 3.12. The SMILES string of the molecule is CC1=C(C(=O)Nc2ccccc2)C2C(=C(N)n3cccc32)C(=S)O1. The normalized spacial score (nSPS) is 19.0. The number of nitrogens with two attached hydrogens (primary N) is 1. The molecular weight excluding hydrogens is 322 g/mol. The number of amides is 1. The van der Waals surface area contributed by atoms with Crippen LogP contribution in [0.4, 0.5) is 5.69 Å². The Balaban J connectivity index is 1.79. The monoisotopic (exact) mass is 337 g/mol. The minimum Gasteiger partial charge on any atom is -0.450 e. The van der Waals surface area contributed by atoms with E-state index in [0.717, 1.165) is 11.4 Å². The number of ether oxygens (including phenoxy) is 1. The Kier molecular flexibility index (Phi) is 3.28. The Hall–Kier alpha value is -2.86. The first-order chi connectivity index (χ1) is 11.6. The molecule has 0 saturated carbocycles. The first-order valence-electron chi connectivity index (χ1n) is 7.54. The predicted molar refractivity (Wildman–Crippen MR) is 96.0 cm³/mol. The number of carbonyl (C=O) groups excluding carboxylic acids is 1. The van der Waals surface area contributed by atoms with Gasteiger partial charge in [-0.15, -0.1) is 0 Å². The van der Waals surface area contributed by atoms with Crippen LogP contribution in [0.1, 0.15) is 18.5 Å². The molecule has 0 aliphatic carbocycles. The van der Waals surface area contributed by atoms with Gasteiger partial charge in [0.15, 0.2) is 5.05 Å². The lowest BCUT2D eigenvalue weighted by atomic mass is 9.87. The van der Waals surface area contributed by atoms with Crippen molar-refractivity contribution in [1.29, 1.82) is 0 Å². The lowest BCUT2D eigenvalue weighted by molar-refractivity contribution is -0.113. The van der Waals surface area contributed by atoms with E-state index < -0.39 is 0 Å². The second-order valence-electron chi connectivity index (χ2n) is 5.71. The number of para-hydroxylation sites is 1. The summed E-state index contributed by atoms with van der Waals surface area (Å²) in [5.74, 6) is 0.503. The molecule has 2 aliphatic heterocycles. The van der Waals surface area contributed by atoms with E-state index in [-0.39, 0.29) is 11.8 Å². The van der Waals surface area contributed by atoms with Crippen LogP contribution in [0.2, 0.25) is 0 Å². The fraction of sp³-hybridized carbons (Fsp3) is 0.111. The molecule has 0 radical (unpaired) electrons. The molecule has 120 valence electrons. The number of anilines is 1. The molecule has 24 heavy (non-hydrogen) atoms. The molecule has 0 fully saturated rings. The van der Waals surface area contributed by atoms with Gasteiger partial charge in [0.05, 0.1) is 17.1 Å². The Bertz CT molecular complexity index is 925. The van der Waals surface area contributed by atoms with E-state index in [2.05, 4.69) is 5.32 Å². The molecule has 4 rings (SSSR count). The zero-order valence-corrected chi connectivity index (χ0v) is 13.8. The second-order valence-corrected chi connectivity index (χ2v) is 6.09. The summed E-state index contributed by atoms with van der Waals surface area (Å²) in [6.07, 6.45) is 1.86. The molecule has 6 heteroatoms. The fourth-order valence-electron chi connectivity index (χ4n) is 3.25. The quantitative estimate of drug-likeness (QED) is 0.827. The van der Waals surface area contributed by atoms with E-state index in [4.69, 9.17) is 22.7 Å². The van der Waals surface area contributed by atoms with Crippen LogP contribution in [0.25, 0.3) is 5.82 Å². The number of hydrogen-bond acceptors (Lipinski definition) is 4. The van der Waals surface area contributed by atoms with Crippen molar-refractivity contribution in [3.05, 3.63) is 71.3 Å². The van der Waals surface area contributed by atoms with E-state index in [1.165, 1.54) is 0 Å². The first-order valence-corrected chi connectivity index (χ1v) is 7.95. The van der Waals surface area contributed by atoms with E-state index >= 15 is 0 Å². The van der Waals surface area contributed by atoms with Crippen molar-refractivity contribution in [3.63, 3.8) is 0 Å². The van der Waals surface area contributed by atoms with Gasteiger partial charge in [0, 0.05) is 17.6 Å². The number of hydrogen-bond donors (Lipinski definition) is 2. The van der Waals surface area contributed by atoms with Crippen LogP contribution < -0.4 is 11.1 Å². The first kappa shape index (κ1) is 14.7. The number of carbonyl (C=O) groups is 1. The maximum Gasteiger partial charge on any atom is 0.256 e. The van der Waals surface area contributed by atoms with Crippen LogP contribution in [-0.2, 0) is 9.53 Å². The molecule has 5 nitrogen and oxygen atoms in total. The Morgan fingerprint density at radius 3 is 2.75 bits per heavy atom. The van der Waals surface area contributed by atoms with Crippen molar-refractivity contribution >= 4 is 34.7 Å². The van der Waals surface area contributed by atoms with Gasteiger partial charge in [-0.3, -0.25) is 4.79 Å². The Labute approximate surface area is 144 Å². The van der Waals surface area contributed by atoms with Crippen molar-refractivity contribution in [3.8, 4) is 0 Å². The second kappa shape index (κ2) is 5.35. The van der Waals surface area contributed by atoms with Crippen LogP contribution in [0.3, 0.4) is 0 Å². The molecule has 0 bridgehead atoms. The van der Waals surface area contributed by atoms with Crippen molar-refractivity contribution in [2.24, 2.45) is 5.73 Å².